The molecule has 0 aliphatic rings. The zero-order valence-corrected chi connectivity index (χ0v) is 8.56. The Morgan fingerprint density at radius 2 is 2.07 bits per heavy atom. The number of rotatable bonds is 6. The van der Waals surface area contributed by atoms with Gasteiger partial charge in [-0.25, -0.2) is 9.59 Å². The maximum absolute atomic E-state index is 10.9. The van der Waals surface area contributed by atoms with E-state index in [0.717, 1.165) is 12.5 Å². The zero-order chi connectivity index (χ0) is 11.7. The zero-order valence-electron chi connectivity index (χ0n) is 8.56. The number of esters is 2. The molecule has 0 unspecified atom stereocenters. The highest BCUT2D eigenvalue weighted by atomic mass is 16.5. The molecule has 5 heteroatoms. The van der Waals surface area contributed by atoms with Crippen molar-refractivity contribution in [1.82, 2.24) is 0 Å². The molecule has 0 radical (unpaired) electrons. The Hall–Kier alpha value is -1.78. The molecule has 5 nitrogen and oxygen atoms in total. The van der Waals surface area contributed by atoms with Gasteiger partial charge in [0, 0.05) is 6.08 Å². The lowest BCUT2D eigenvalue weighted by atomic mass is 10.5. The van der Waals surface area contributed by atoms with E-state index in [1.54, 1.807) is 0 Å². The van der Waals surface area contributed by atoms with Crippen LogP contribution in [0.5, 0.6) is 0 Å². The van der Waals surface area contributed by atoms with Crippen molar-refractivity contribution in [3.63, 3.8) is 0 Å². The number of ether oxygens (including phenoxy) is 2. The Morgan fingerprint density at radius 3 is 2.60 bits per heavy atom. The molecule has 0 saturated carbocycles. The molecule has 0 amide bonds. The highest BCUT2D eigenvalue weighted by Gasteiger charge is 2.03. The lowest BCUT2D eigenvalue weighted by Gasteiger charge is -1.99. The summed E-state index contributed by atoms with van der Waals surface area (Å²) in [5, 5.41) is 8.56. The van der Waals surface area contributed by atoms with Gasteiger partial charge in [-0.3, -0.25) is 0 Å². The highest BCUT2D eigenvalue weighted by Crippen LogP contribution is 1.90. The third-order valence-corrected chi connectivity index (χ3v) is 1.25. The second-order valence-corrected chi connectivity index (χ2v) is 2.62. The van der Waals surface area contributed by atoms with Gasteiger partial charge in [0.2, 0.25) is 0 Å². The Bertz CT molecular complexity index is 267. The van der Waals surface area contributed by atoms with E-state index < -0.39 is 17.7 Å². The molecular formula is C10H14O5. The van der Waals surface area contributed by atoms with Crippen molar-refractivity contribution in [1.29, 1.82) is 0 Å². The minimum absolute atomic E-state index is 0.111. The van der Waals surface area contributed by atoms with Crippen molar-refractivity contribution in [3.05, 3.63) is 24.5 Å². The first-order valence-corrected chi connectivity index (χ1v) is 4.46. The number of carbonyl (C=O) groups excluding carboxylic acids is 2. The largest absolute Gasteiger partial charge is 0.502 e. The van der Waals surface area contributed by atoms with Crippen LogP contribution >= 0.6 is 0 Å². The molecule has 0 fully saturated rings. The van der Waals surface area contributed by atoms with Gasteiger partial charge in [0.1, 0.15) is 6.61 Å². The number of hydrogen-bond donors (Lipinski definition) is 1. The predicted molar refractivity (Wildman–Crippen MR) is 53.1 cm³/mol. The van der Waals surface area contributed by atoms with Crippen LogP contribution in [0.3, 0.4) is 0 Å². The summed E-state index contributed by atoms with van der Waals surface area (Å²) in [6.45, 7) is 5.10. The first kappa shape index (κ1) is 13.2. The average molecular weight is 214 g/mol. The number of carbonyl (C=O) groups is 2. The molecule has 0 aliphatic carbocycles. The van der Waals surface area contributed by atoms with Crippen LogP contribution in [-0.4, -0.2) is 30.3 Å². The molecule has 84 valence electrons. The second-order valence-electron chi connectivity index (χ2n) is 2.62. The minimum Gasteiger partial charge on any atom is -0.502 e. The Kier molecular flexibility index (Phi) is 6.70. The number of aliphatic hydroxyl groups excluding tert-OH is 1. The Balaban J connectivity index is 3.66. The molecule has 0 aromatic carbocycles. The maximum atomic E-state index is 10.9. The van der Waals surface area contributed by atoms with E-state index >= 15 is 0 Å². The summed E-state index contributed by atoms with van der Waals surface area (Å²) in [5.74, 6) is -2.07. The standard InChI is InChI=1S/C10H14O5/c1-3-6-14-9(12)5-4-7-15-10(13)8(2)11/h4-5,11H,2-3,6-7H2,1H3. The van der Waals surface area contributed by atoms with E-state index in [4.69, 9.17) is 9.84 Å². The molecule has 0 spiro atoms. The summed E-state index contributed by atoms with van der Waals surface area (Å²) >= 11 is 0. The van der Waals surface area contributed by atoms with Gasteiger partial charge in [0.15, 0.2) is 5.76 Å². The third-order valence-electron chi connectivity index (χ3n) is 1.25. The van der Waals surface area contributed by atoms with Gasteiger partial charge < -0.3 is 14.6 Å². The van der Waals surface area contributed by atoms with Crippen LogP contribution < -0.4 is 0 Å². The molecule has 0 aromatic rings. The first-order chi connectivity index (χ1) is 7.07. The predicted octanol–water partition coefficient (Wildman–Crippen LogP) is 1.11. The molecule has 0 aromatic heterocycles. The van der Waals surface area contributed by atoms with Crippen LogP contribution in [0, 0.1) is 0 Å². The highest BCUT2D eigenvalue weighted by molar-refractivity contribution is 5.85. The van der Waals surface area contributed by atoms with Gasteiger partial charge in [-0.15, -0.1) is 0 Å². The number of hydrogen-bond acceptors (Lipinski definition) is 5. The van der Waals surface area contributed by atoms with Gasteiger partial charge in [0.05, 0.1) is 6.61 Å². The van der Waals surface area contributed by atoms with Gasteiger partial charge in [-0.2, -0.15) is 0 Å². The fourth-order valence-corrected chi connectivity index (χ4v) is 0.602. The summed E-state index contributed by atoms with van der Waals surface area (Å²) < 4.78 is 9.19. The van der Waals surface area contributed by atoms with E-state index in [1.807, 2.05) is 6.92 Å². The second kappa shape index (κ2) is 7.61. The van der Waals surface area contributed by atoms with Crippen LogP contribution in [0.4, 0.5) is 0 Å². The van der Waals surface area contributed by atoms with Crippen molar-refractivity contribution in [2.24, 2.45) is 0 Å². The van der Waals surface area contributed by atoms with Crippen LogP contribution in [0.25, 0.3) is 0 Å². The van der Waals surface area contributed by atoms with Gasteiger partial charge in [-0.05, 0) is 19.1 Å². The van der Waals surface area contributed by atoms with Crippen molar-refractivity contribution < 1.29 is 24.2 Å². The minimum atomic E-state index is -0.915. The molecule has 0 atom stereocenters. The van der Waals surface area contributed by atoms with Crippen molar-refractivity contribution in [3.8, 4) is 0 Å². The van der Waals surface area contributed by atoms with E-state index in [9.17, 15) is 9.59 Å². The SMILES string of the molecule is C=C(O)C(=O)OCC=CC(=O)OCCC. The van der Waals surface area contributed by atoms with E-state index in [2.05, 4.69) is 11.3 Å². The molecule has 0 heterocycles. The molecular weight excluding hydrogens is 200 g/mol. The topological polar surface area (TPSA) is 72.8 Å². The quantitative estimate of drug-likeness (QED) is 0.407. The van der Waals surface area contributed by atoms with Gasteiger partial charge in [0.25, 0.3) is 0 Å². The maximum Gasteiger partial charge on any atom is 0.373 e. The van der Waals surface area contributed by atoms with Crippen LogP contribution in [0.15, 0.2) is 24.5 Å². The molecule has 0 rings (SSSR count). The van der Waals surface area contributed by atoms with E-state index in [-0.39, 0.29) is 6.61 Å². The van der Waals surface area contributed by atoms with Gasteiger partial charge >= 0.3 is 11.9 Å². The van der Waals surface area contributed by atoms with Gasteiger partial charge in [-0.1, -0.05) is 6.92 Å². The monoisotopic (exact) mass is 214 g/mol. The van der Waals surface area contributed by atoms with Crippen LogP contribution in [0.1, 0.15) is 13.3 Å². The third kappa shape index (κ3) is 7.30. The summed E-state index contributed by atoms with van der Waals surface area (Å²) in [7, 11) is 0. The van der Waals surface area contributed by atoms with Crippen LogP contribution in [0.2, 0.25) is 0 Å². The molecule has 1 N–H and O–H groups in total. The normalized spacial score (nSPS) is 9.93. The van der Waals surface area contributed by atoms with E-state index in [1.165, 1.54) is 6.08 Å². The lowest BCUT2D eigenvalue weighted by molar-refractivity contribution is -0.141. The van der Waals surface area contributed by atoms with Crippen molar-refractivity contribution >= 4 is 11.9 Å². The fourth-order valence-electron chi connectivity index (χ4n) is 0.602. The lowest BCUT2D eigenvalue weighted by Crippen LogP contribution is -2.07. The summed E-state index contributed by atoms with van der Waals surface area (Å²) in [6, 6.07) is 0. The Labute approximate surface area is 88.0 Å². The van der Waals surface area contributed by atoms with Crippen molar-refractivity contribution in [2.45, 2.75) is 13.3 Å². The summed E-state index contributed by atoms with van der Waals surface area (Å²) in [6.07, 6.45) is 3.22. The molecule has 0 saturated heterocycles. The Morgan fingerprint density at radius 1 is 1.40 bits per heavy atom. The molecule has 15 heavy (non-hydrogen) atoms. The number of aliphatic hydroxyl groups is 1. The van der Waals surface area contributed by atoms with Crippen molar-refractivity contribution in [2.75, 3.05) is 13.2 Å². The average Bonchev–Trinajstić information content (AvgIpc) is 2.20. The van der Waals surface area contributed by atoms with Crippen LogP contribution in [-0.2, 0) is 19.1 Å². The summed E-state index contributed by atoms with van der Waals surface area (Å²) in [5.41, 5.74) is 0. The fraction of sp³-hybridized carbons (Fsp3) is 0.400. The molecule has 0 bridgehead atoms. The summed E-state index contributed by atoms with van der Waals surface area (Å²) in [4.78, 5) is 21.5. The molecule has 0 aliphatic heterocycles. The van der Waals surface area contributed by atoms with E-state index in [0.29, 0.717) is 6.61 Å². The first-order valence-electron chi connectivity index (χ1n) is 4.46. The smallest absolute Gasteiger partial charge is 0.373 e.